The van der Waals surface area contributed by atoms with Crippen molar-refractivity contribution in [1.82, 2.24) is 24.6 Å². The van der Waals surface area contributed by atoms with Crippen molar-refractivity contribution in [1.29, 1.82) is 5.26 Å². The quantitative estimate of drug-likeness (QED) is 0.769. The number of nitriles is 1. The molecule has 5 heterocycles. The van der Waals surface area contributed by atoms with Crippen molar-refractivity contribution in [3.05, 3.63) is 24.2 Å². The normalized spacial score (nSPS) is 24.9. The van der Waals surface area contributed by atoms with Crippen LogP contribution < -0.4 is 4.90 Å². The molecule has 3 aliphatic rings. The van der Waals surface area contributed by atoms with Crippen molar-refractivity contribution in [2.24, 2.45) is 12.5 Å². The molecule has 0 unspecified atom stereocenters. The molecule has 3 aliphatic heterocycles. The first-order valence-corrected chi connectivity index (χ1v) is 9.40. The first-order chi connectivity index (χ1) is 13.5. The van der Waals surface area contributed by atoms with Gasteiger partial charge in [0.05, 0.1) is 48.7 Å². The highest BCUT2D eigenvalue weighted by atomic mass is 16.5. The Morgan fingerprint density at radius 2 is 2.14 bits per heavy atom. The van der Waals surface area contributed by atoms with Crippen LogP contribution in [0.4, 0.5) is 5.82 Å². The lowest BCUT2D eigenvalue weighted by molar-refractivity contribution is -0.169. The third-order valence-electron chi connectivity index (χ3n) is 5.98. The van der Waals surface area contributed by atoms with Gasteiger partial charge in [0.15, 0.2) is 11.6 Å². The molecule has 2 aromatic heterocycles. The fraction of sp³-hybridized carbons (Fsp3) is 0.526. The Bertz CT molecular complexity index is 990. The van der Waals surface area contributed by atoms with E-state index in [-0.39, 0.29) is 23.4 Å². The maximum absolute atomic E-state index is 12.9. The molecule has 144 valence electrons. The number of hydrogen-bond acceptors (Lipinski definition) is 7. The van der Waals surface area contributed by atoms with Crippen LogP contribution >= 0.6 is 0 Å². The molecule has 9 heteroatoms. The van der Waals surface area contributed by atoms with Gasteiger partial charge < -0.3 is 14.5 Å². The number of carbonyl (C=O) groups excluding carboxylic acids is 1. The van der Waals surface area contributed by atoms with Gasteiger partial charge in [-0.2, -0.15) is 10.4 Å². The van der Waals surface area contributed by atoms with Crippen LogP contribution in [0.5, 0.6) is 0 Å². The van der Waals surface area contributed by atoms with Gasteiger partial charge in [0.1, 0.15) is 11.6 Å². The maximum atomic E-state index is 12.9. The number of hydrogen-bond donors (Lipinski definition) is 0. The summed E-state index contributed by atoms with van der Waals surface area (Å²) in [6, 6.07) is 2.53. The van der Waals surface area contributed by atoms with Crippen LogP contribution in [-0.2, 0) is 16.6 Å². The summed E-state index contributed by atoms with van der Waals surface area (Å²) in [4.78, 5) is 26.1. The lowest BCUT2D eigenvalue weighted by Crippen LogP contribution is -2.58. The second-order valence-corrected chi connectivity index (χ2v) is 8.15. The highest BCUT2D eigenvalue weighted by Crippen LogP contribution is 2.39. The zero-order chi connectivity index (χ0) is 19.5. The van der Waals surface area contributed by atoms with Crippen molar-refractivity contribution in [3.63, 3.8) is 0 Å². The first kappa shape index (κ1) is 17.1. The summed E-state index contributed by atoms with van der Waals surface area (Å²) in [5, 5.41) is 13.7. The molecular weight excluding hydrogens is 358 g/mol. The van der Waals surface area contributed by atoms with Crippen molar-refractivity contribution in [2.45, 2.75) is 25.4 Å². The van der Waals surface area contributed by atoms with Crippen LogP contribution in [0, 0.1) is 16.7 Å². The molecule has 2 bridgehead atoms. The molecular formula is C19H21N7O2. The average molecular weight is 379 g/mol. The summed E-state index contributed by atoms with van der Waals surface area (Å²) in [6.45, 7) is 4.33. The Kier molecular flexibility index (Phi) is 3.67. The van der Waals surface area contributed by atoms with E-state index in [1.807, 2.05) is 25.1 Å². The van der Waals surface area contributed by atoms with E-state index in [1.165, 1.54) is 0 Å². The van der Waals surface area contributed by atoms with Gasteiger partial charge >= 0.3 is 0 Å². The number of amides is 1. The Balaban J connectivity index is 1.41. The number of fused-ring (bicyclic) bond motifs is 2. The van der Waals surface area contributed by atoms with E-state index in [0.717, 1.165) is 12.0 Å². The lowest BCUT2D eigenvalue weighted by atomic mass is 9.86. The largest absolute Gasteiger partial charge is 0.379 e. The summed E-state index contributed by atoms with van der Waals surface area (Å²) in [5.74, 6) is 1.39. The summed E-state index contributed by atoms with van der Waals surface area (Å²) < 4.78 is 6.96. The summed E-state index contributed by atoms with van der Waals surface area (Å²) >= 11 is 0. The standard InChI is InChI=1S/C19H21N7O2/c1-19(10-28-11-19)18(27)26-9-14-3-15(26)8-25(14)17-12(4-20)5-21-16(23-17)13-6-22-24(2)7-13/h5-7,14-15H,3,8-11H2,1-2H3/t14-,15-/m0/s1. The van der Waals surface area contributed by atoms with Crippen LogP contribution in [-0.4, -0.2) is 68.9 Å². The fourth-order valence-corrected chi connectivity index (χ4v) is 4.40. The van der Waals surface area contributed by atoms with Gasteiger partial charge in [-0.3, -0.25) is 9.48 Å². The van der Waals surface area contributed by atoms with Crippen LogP contribution in [0.25, 0.3) is 11.4 Å². The molecule has 3 fully saturated rings. The van der Waals surface area contributed by atoms with E-state index < -0.39 is 0 Å². The Morgan fingerprint density at radius 3 is 2.71 bits per heavy atom. The van der Waals surface area contributed by atoms with Gasteiger partial charge in [-0.05, 0) is 13.3 Å². The molecule has 0 aromatic carbocycles. The Hall–Kier alpha value is -2.99. The Morgan fingerprint density at radius 1 is 1.32 bits per heavy atom. The van der Waals surface area contributed by atoms with E-state index >= 15 is 0 Å². The number of likely N-dealkylation sites (tertiary alicyclic amines) is 1. The van der Waals surface area contributed by atoms with Gasteiger partial charge in [-0.1, -0.05) is 0 Å². The summed E-state index contributed by atoms with van der Waals surface area (Å²) in [7, 11) is 1.84. The van der Waals surface area contributed by atoms with Crippen LogP contribution in [0.2, 0.25) is 0 Å². The van der Waals surface area contributed by atoms with Crippen LogP contribution in [0.15, 0.2) is 18.6 Å². The molecule has 5 rings (SSSR count). The van der Waals surface area contributed by atoms with Gasteiger partial charge in [-0.15, -0.1) is 0 Å². The number of rotatable bonds is 3. The molecule has 0 N–H and O–H groups in total. The second kappa shape index (κ2) is 6.01. The topological polar surface area (TPSA) is 100 Å². The molecule has 0 radical (unpaired) electrons. The smallest absolute Gasteiger partial charge is 0.233 e. The number of anilines is 1. The van der Waals surface area contributed by atoms with Crippen molar-refractivity contribution in [2.75, 3.05) is 31.2 Å². The monoisotopic (exact) mass is 379 g/mol. The third kappa shape index (κ3) is 2.48. The van der Waals surface area contributed by atoms with E-state index in [2.05, 4.69) is 26.0 Å². The Labute approximate surface area is 162 Å². The highest BCUT2D eigenvalue weighted by molar-refractivity contribution is 5.84. The average Bonchev–Trinajstić information content (AvgIpc) is 3.40. The van der Waals surface area contributed by atoms with E-state index in [0.29, 0.717) is 43.5 Å². The number of aryl methyl sites for hydroxylation is 1. The SMILES string of the molecule is Cn1cc(-c2ncc(C#N)c(N3C[C@@H]4C[C@H]3CN4C(=O)C3(C)COC3)n2)cn1. The minimum atomic E-state index is -0.379. The zero-order valence-corrected chi connectivity index (χ0v) is 15.9. The third-order valence-corrected chi connectivity index (χ3v) is 5.98. The molecule has 2 atom stereocenters. The van der Waals surface area contributed by atoms with E-state index in [1.54, 1.807) is 17.1 Å². The molecule has 0 spiro atoms. The number of ether oxygens (including phenoxy) is 1. The number of piperazine rings is 1. The van der Waals surface area contributed by atoms with Gasteiger partial charge in [0.25, 0.3) is 0 Å². The van der Waals surface area contributed by atoms with Gasteiger partial charge in [0.2, 0.25) is 5.91 Å². The number of nitrogens with zero attached hydrogens (tertiary/aromatic N) is 7. The van der Waals surface area contributed by atoms with E-state index in [4.69, 9.17) is 4.74 Å². The zero-order valence-electron chi connectivity index (χ0n) is 15.9. The van der Waals surface area contributed by atoms with Crippen LogP contribution in [0.3, 0.4) is 0 Å². The molecule has 0 aliphatic carbocycles. The van der Waals surface area contributed by atoms with Crippen molar-refractivity contribution < 1.29 is 9.53 Å². The number of aromatic nitrogens is 4. The molecule has 2 aromatic rings. The molecule has 0 saturated carbocycles. The second-order valence-electron chi connectivity index (χ2n) is 8.15. The minimum Gasteiger partial charge on any atom is -0.379 e. The van der Waals surface area contributed by atoms with Crippen LogP contribution in [0.1, 0.15) is 18.9 Å². The predicted molar refractivity (Wildman–Crippen MR) is 99.1 cm³/mol. The first-order valence-electron chi connectivity index (χ1n) is 9.40. The minimum absolute atomic E-state index is 0.151. The summed E-state index contributed by atoms with van der Waals surface area (Å²) in [5.41, 5.74) is 0.889. The maximum Gasteiger partial charge on any atom is 0.233 e. The molecule has 28 heavy (non-hydrogen) atoms. The predicted octanol–water partition coefficient (Wildman–Crippen LogP) is 0.575. The van der Waals surface area contributed by atoms with Crippen molar-refractivity contribution in [3.8, 4) is 17.5 Å². The van der Waals surface area contributed by atoms with Crippen molar-refractivity contribution >= 4 is 11.7 Å². The summed E-state index contributed by atoms with van der Waals surface area (Å²) in [6.07, 6.45) is 6.04. The molecule has 9 nitrogen and oxygen atoms in total. The van der Waals surface area contributed by atoms with Gasteiger partial charge in [0, 0.05) is 26.3 Å². The van der Waals surface area contributed by atoms with Gasteiger partial charge in [-0.25, -0.2) is 9.97 Å². The number of carbonyl (C=O) groups is 1. The van der Waals surface area contributed by atoms with E-state index in [9.17, 15) is 10.1 Å². The lowest BCUT2D eigenvalue weighted by Gasteiger charge is -2.43. The molecule has 3 saturated heterocycles. The fourth-order valence-electron chi connectivity index (χ4n) is 4.40. The molecule has 1 amide bonds. The highest BCUT2D eigenvalue weighted by Gasteiger charge is 2.52.